The number of halogens is 3. The van der Waals surface area contributed by atoms with E-state index in [2.05, 4.69) is 33.8 Å². The van der Waals surface area contributed by atoms with Gasteiger partial charge in [0.15, 0.2) is 0 Å². The van der Waals surface area contributed by atoms with Crippen LogP contribution in [0.25, 0.3) is 5.57 Å². The lowest BCUT2D eigenvalue weighted by atomic mass is 9.90. The molecule has 1 N–H and O–H groups in total. The van der Waals surface area contributed by atoms with Gasteiger partial charge in [0.2, 0.25) is 0 Å². The molecule has 0 aromatic heterocycles. The van der Waals surface area contributed by atoms with Crippen molar-refractivity contribution >= 4 is 11.5 Å². The summed E-state index contributed by atoms with van der Waals surface area (Å²) in [5.74, 6) is -0.0192. The predicted molar refractivity (Wildman–Crippen MR) is 105 cm³/mol. The molecule has 0 bridgehead atoms. The van der Waals surface area contributed by atoms with Crippen molar-refractivity contribution in [1.29, 1.82) is 0 Å². The minimum atomic E-state index is -4.54. The van der Waals surface area contributed by atoms with Crippen molar-refractivity contribution in [3.63, 3.8) is 0 Å². The fourth-order valence-electron chi connectivity index (χ4n) is 2.70. The van der Waals surface area contributed by atoms with Crippen LogP contribution in [0.1, 0.15) is 57.0 Å². The molecule has 0 spiro atoms. The molecule has 1 aromatic rings. The van der Waals surface area contributed by atoms with E-state index in [1.165, 1.54) is 14.2 Å². The summed E-state index contributed by atoms with van der Waals surface area (Å²) in [6.45, 7) is 9.20. The first kappa shape index (κ1) is 23.9. The van der Waals surface area contributed by atoms with Gasteiger partial charge in [-0.3, -0.25) is 4.79 Å². The Hall–Kier alpha value is -2.18. The molecule has 4 nitrogen and oxygen atoms in total. The van der Waals surface area contributed by atoms with Crippen LogP contribution in [0, 0.1) is 11.8 Å². The number of carbonyl (C=O) groups is 1. The molecule has 0 saturated carbocycles. The molecule has 7 heteroatoms. The number of nitrogens with one attached hydrogen (secondary N) is 1. The summed E-state index contributed by atoms with van der Waals surface area (Å²) in [5, 5.41) is 1.96. The van der Waals surface area contributed by atoms with E-state index in [1.54, 1.807) is 12.1 Å². The zero-order valence-electron chi connectivity index (χ0n) is 17.5. The van der Waals surface area contributed by atoms with Crippen LogP contribution in [0.4, 0.5) is 13.2 Å². The molecule has 1 rings (SSSR count). The summed E-state index contributed by atoms with van der Waals surface area (Å²) in [6, 6.07) is 1.35. The summed E-state index contributed by atoms with van der Waals surface area (Å²) >= 11 is 0. The van der Waals surface area contributed by atoms with Crippen molar-refractivity contribution in [2.75, 3.05) is 14.2 Å². The number of methoxy groups -OCH3 is 2. The number of benzene rings is 1. The highest BCUT2D eigenvalue weighted by Gasteiger charge is 2.38. The number of hydrogen-bond donors (Lipinski definition) is 1. The number of carbonyl (C=O) groups excluding carboxylic acids is 1. The molecular formula is C21H30F3NO3. The molecule has 1 aromatic carbocycles. The van der Waals surface area contributed by atoms with Gasteiger partial charge in [-0.1, -0.05) is 40.2 Å². The highest BCUT2D eigenvalue weighted by Crippen LogP contribution is 2.36. The first-order chi connectivity index (χ1) is 13.0. The van der Waals surface area contributed by atoms with Crippen LogP contribution in [0.5, 0.6) is 11.5 Å². The monoisotopic (exact) mass is 401 g/mol. The van der Waals surface area contributed by atoms with Gasteiger partial charge in [0.05, 0.1) is 14.2 Å². The van der Waals surface area contributed by atoms with Crippen molar-refractivity contribution in [2.45, 2.75) is 53.3 Å². The average Bonchev–Trinajstić information content (AvgIpc) is 2.63. The Bertz CT molecular complexity index is 686. The van der Waals surface area contributed by atoms with Gasteiger partial charge >= 0.3 is 6.18 Å². The Labute approximate surface area is 165 Å². The predicted octanol–water partition coefficient (Wildman–Crippen LogP) is 5.47. The molecule has 0 fully saturated rings. The fraction of sp³-hybridized carbons (Fsp3) is 0.571. The van der Waals surface area contributed by atoms with E-state index >= 15 is 0 Å². The lowest BCUT2D eigenvalue weighted by molar-refractivity contribution is -0.149. The Balaban J connectivity index is 3.47. The van der Waals surface area contributed by atoms with E-state index in [1.807, 2.05) is 5.32 Å². The second kappa shape index (κ2) is 9.85. The third kappa shape index (κ3) is 5.91. The quantitative estimate of drug-likeness (QED) is 0.628. The van der Waals surface area contributed by atoms with E-state index in [4.69, 9.17) is 9.47 Å². The van der Waals surface area contributed by atoms with Crippen LogP contribution >= 0.6 is 0 Å². The summed E-state index contributed by atoms with van der Waals surface area (Å²) < 4.78 is 49.1. The molecule has 0 heterocycles. The third-order valence-electron chi connectivity index (χ3n) is 4.63. The van der Waals surface area contributed by atoms with Crippen LogP contribution in [0.15, 0.2) is 18.2 Å². The lowest BCUT2D eigenvalue weighted by Crippen LogP contribution is -2.43. The zero-order chi connectivity index (χ0) is 21.6. The smallest absolute Gasteiger partial charge is 0.408 e. The molecule has 2 unspecified atom stereocenters. The summed E-state index contributed by atoms with van der Waals surface area (Å²) in [5.41, 5.74) is 1.81. The van der Waals surface area contributed by atoms with Gasteiger partial charge in [0, 0.05) is 0 Å². The van der Waals surface area contributed by atoms with Gasteiger partial charge in [0.1, 0.15) is 23.1 Å². The van der Waals surface area contributed by atoms with Crippen LogP contribution in [0.2, 0.25) is 0 Å². The van der Waals surface area contributed by atoms with Gasteiger partial charge in [-0.2, -0.15) is 13.2 Å². The van der Waals surface area contributed by atoms with E-state index in [0.29, 0.717) is 5.92 Å². The molecule has 28 heavy (non-hydrogen) atoms. The Morgan fingerprint density at radius 2 is 1.61 bits per heavy atom. The van der Waals surface area contributed by atoms with Crippen molar-refractivity contribution in [3.05, 3.63) is 29.3 Å². The van der Waals surface area contributed by atoms with Gasteiger partial charge in [-0.25, -0.2) is 0 Å². The van der Waals surface area contributed by atoms with Crippen LogP contribution in [-0.4, -0.2) is 32.3 Å². The van der Waals surface area contributed by atoms with Crippen molar-refractivity contribution in [3.8, 4) is 11.5 Å². The Morgan fingerprint density at radius 3 is 1.96 bits per heavy atom. The van der Waals surface area contributed by atoms with E-state index in [9.17, 15) is 18.0 Å². The first-order valence-corrected chi connectivity index (χ1v) is 9.31. The van der Waals surface area contributed by atoms with Gasteiger partial charge in [-0.05, 0) is 42.0 Å². The van der Waals surface area contributed by atoms with Crippen molar-refractivity contribution in [2.24, 2.45) is 11.8 Å². The number of allylic oxidation sites excluding steroid dienone is 2. The number of hydrogen-bond acceptors (Lipinski definition) is 3. The maximum absolute atomic E-state index is 12.8. The van der Waals surface area contributed by atoms with Crippen LogP contribution in [0.3, 0.4) is 0 Å². The fourth-order valence-corrected chi connectivity index (χ4v) is 2.70. The summed E-state index contributed by atoms with van der Waals surface area (Å²) in [6.07, 6.45) is -1.41. The zero-order valence-corrected chi connectivity index (χ0v) is 17.5. The molecule has 0 saturated heterocycles. The molecule has 0 radical (unpaired) electrons. The van der Waals surface area contributed by atoms with Crippen LogP contribution < -0.4 is 14.8 Å². The molecule has 0 aliphatic rings. The summed E-state index contributed by atoms with van der Waals surface area (Å²) in [7, 11) is 2.74. The van der Waals surface area contributed by atoms with Gasteiger partial charge < -0.3 is 14.8 Å². The maximum Gasteiger partial charge on any atom is 0.408 e. The number of rotatable bonds is 8. The normalized spacial score (nSPS) is 14.6. The minimum absolute atomic E-state index is 0.0588. The Kier molecular flexibility index (Phi) is 8.39. The molecule has 2 atom stereocenters. The number of alkyl halides is 3. The summed E-state index contributed by atoms with van der Waals surface area (Å²) in [4.78, 5) is 12.5. The van der Waals surface area contributed by atoms with Crippen molar-refractivity contribution in [1.82, 2.24) is 5.32 Å². The molecule has 0 aliphatic heterocycles. The topological polar surface area (TPSA) is 47.6 Å². The van der Waals surface area contributed by atoms with E-state index in [0.717, 1.165) is 24.5 Å². The second-order valence-electron chi connectivity index (χ2n) is 7.15. The van der Waals surface area contributed by atoms with Crippen LogP contribution in [-0.2, 0) is 0 Å². The first-order valence-electron chi connectivity index (χ1n) is 9.31. The molecule has 1 amide bonds. The highest BCUT2D eigenvalue weighted by atomic mass is 19.4. The third-order valence-corrected chi connectivity index (χ3v) is 4.63. The number of ether oxygens (including phenoxy) is 2. The number of amides is 1. The SMILES string of the molecule is CCC(C)/C=C(/c1cc(OC)c(C(=O)NC(C)C(F)(F)F)c(OC)c1)C(C)C. The molecule has 158 valence electrons. The molecule has 0 aliphatic carbocycles. The standard InChI is InChI=1S/C21H30F3NO3/c1-8-13(4)9-16(12(2)3)15-10-17(27-6)19(18(11-15)28-7)20(26)25-14(5)21(22,23)24/h9-14H,8H2,1-7H3,(H,25,26)/b16-9+. The molecular weight excluding hydrogens is 371 g/mol. The average molecular weight is 401 g/mol. The van der Waals surface area contributed by atoms with E-state index < -0.39 is 18.1 Å². The van der Waals surface area contributed by atoms with Crippen molar-refractivity contribution < 1.29 is 27.4 Å². The largest absolute Gasteiger partial charge is 0.496 e. The van der Waals surface area contributed by atoms with E-state index in [-0.39, 0.29) is 23.0 Å². The second-order valence-corrected chi connectivity index (χ2v) is 7.15. The van der Waals surface area contributed by atoms with Gasteiger partial charge in [-0.15, -0.1) is 0 Å². The van der Waals surface area contributed by atoms with Gasteiger partial charge in [0.25, 0.3) is 5.91 Å². The Morgan fingerprint density at radius 1 is 1.11 bits per heavy atom. The highest BCUT2D eigenvalue weighted by molar-refractivity contribution is 6.00. The lowest BCUT2D eigenvalue weighted by Gasteiger charge is -2.21. The maximum atomic E-state index is 12.8. The minimum Gasteiger partial charge on any atom is -0.496 e.